The molecule has 0 amide bonds. The molecule has 0 unspecified atom stereocenters. The van der Waals surface area contributed by atoms with Crippen LogP contribution in [0, 0.1) is 6.92 Å². The van der Waals surface area contributed by atoms with Crippen molar-refractivity contribution < 1.29 is 9.90 Å². The van der Waals surface area contributed by atoms with Crippen molar-refractivity contribution >= 4 is 16.9 Å². The summed E-state index contributed by atoms with van der Waals surface area (Å²) in [5.74, 6) is -0.848. The lowest BCUT2D eigenvalue weighted by atomic mass is 9.84. The van der Waals surface area contributed by atoms with E-state index in [1.165, 1.54) is 11.3 Å². The number of hydrogen-bond acceptors (Lipinski definition) is 1. The Labute approximate surface area is 133 Å². The van der Waals surface area contributed by atoms with Gasteiger partial charge in [-0.2, -0.15) is 0 Å². The number of carboxylic acid groups (broad SMARTS) is 1. The maximum Gasteiger partial charge on any atom is 0.337 e. The van der Waals surface area contributed by atoms with Gasteiger partial charge in [-0.1, -0.05) is 34.1 Å². The minimum atomic E-state index is -0.848. The van der Waals surface area contributed by atoms with E-state index in [0.29, 0.717) is 5.56 Å². The van der Waals surface area contributed by atoms with E-state index in [1.54, 1.807) is 0 Å². The molecule has 0 saturated carbocycles. The van der Waals surface area contributed by atoms with E-state index in [-0.39, 0.29) is 5.41 Å². The van der Waals surface area contributed by atoms with Gasteiger partial charge >= 0.3 is 5.97 Å². The van der Waals surface area contributed by atoms with Crippen LogP contribution in [0.2, 0.25) is 0 Å². The molecule has 2 aromatic rings. The van der Waals surface area contributed by atoms with E-state index in [2.05, 4.69) is 40.7 Å². The number of unbranched alkanes of at least 4 members (excludes halogenated alkanes) is 1. The van der Waals surface area contributed by atoms with Crippen LogP contribution in [-0.2, 0) is 18.9 Å². The van der Waals surface area contributed by atoms with Crippen LogP contribution in [0.15, 0.2) is 12.1 Å². The molecule has 3 heteroatoms. The second-order valence-electron chi connectivity index (χ2n) is 7.20. The Morgan fingerprint density at radius 2 is 1.91 bits per heavy atom. The Morgan fingerprint density at radius 3 is 2.41 bits per heavy atom. The van der Waals surface area contributed by atoms with Gasteiger partial charge in [-0.3, -0.25) is 0 Å². The number of carboxylic acids is 1. The highest BCUT2D eigenvalue weighted by atomic mass is 16.4. The summed E-state index contributed by atoms with van der Waals surface area (Å²) in [6.45, 7) is 10.7. The van der Waals surface area contributed by atoms with Crippen molar-refractivity contribution in [3.05, 3.63) is 34.5 Å². The number of rotatable bonds is 4. The highest BCUT2D eigenvalue weighted by Crippen LogP contribution is 2.34. The molecule has 1 aromatic carbocycles. The number of carbonyl (C=O) groups is 1. The van der Waals surface area contributed by atoms with E-state index < -0.39 is 5.97 Å². The van der Waals surface area contributed by atoms with Crippen molar-refractivity contribution in [3.63, 3.8) is 0 Å². The molecule has 22 heavy (non-hydrogen) atoms. The molecular formula is C19H27NO2. The maximum atomic E-state index is 11.8. The number of benzene rings is 1. The highest BCUT2D eigenvalue weighted by Gasteiger charge is 2.23. The van der Waals surface area contributed by atoms with E-state index in [4.69, 9.17) is 0 Å². The molecule has 0 aliphatic rings. The van der Waals surface area contributed by atoms with E-state index in [1.807, 2.05) is 17.7 Å². The van der Waals surface area contributed by atoms with Gasteiger partial charge < -0.3 is 9.67 Å². The zero-order valence-corrected chi connectivity index (χ0v) is 14.6. The standard InChI is InChI=1S/C19H27NO2/c1-7-8-9-14-12(2)20(6)17-15(14)10-13(19(3,4)5)11-16(17)18(21)22/h10-11H,7-9H2,1-6H3,(H,21,22). The Kier molecular flexibility index (Phi) is 4.37. The Bertz CT molecular complexity index is 717. The zero-order chi connectivity index (χ0) is 16.7. The topological polar surface area (TPSA) is 42.2 Å². The van der Waals surface area contributed by atoms with E-state index in [0.717, 1.165) is 35.7 Å². The molecule has 0 saturated heterocycles. The number of aromatic carboxylic acids is 1. The molecule has 1 heterocycles. The first kappa shape index (κ1) is 16.6. The van der Waals surface area contributed by atoms with Crippen LogP contribution in [0.25, 0.3) is 10.9 Å². The van der Waals surface area contributed by atoms with Crippen molar-refractivity contribution in [2.24, 2.45) is 7.05 Å². The first-order valence-corrected chi connectivity index (χ1v) is 8.04. The molecule has 0 bridgehead atoms. The molecule has 2 rings (SSSR count). The molecule has 120 valence electrons. The van der Waals surface area contributed by atoms with Gasteiger partial charge in [-0.15, -0.1) is 0 Å². The van der Waals surface area contributed by atoms with Gasteiger partial charge in [0, 0.05) is 18.1 Å². The molecular weight excluding hydrogens is 274 g/mol. The summed E-state index contributed by atoms with van der Waals surface area (Å²) in [6.07, 6.45) is 3.27. The average molecular weight is 301 g/mol. The van der Waals surface area contributed by atoms with Gasteiger partial charge in [0.2, 0.25) is 0 Å². The fourth-order valence-corrected chi connectivity index (χ4v) is 3.06. The third-order valence-electron chi connectivity index (χ3n) is 4.59. The fourth-order valence-electron chi connectivity index (χ4n) is 3.06. The number of aromatic nitrogens is 1. The molecule has 0 atom stereocenters. The Hall–Kier alpha value is -1.77. The first-order chi connectivity index (χ1) is 10.2. The molecule has 1 N–H and O–H groups in total. The van der Waals surface area contributed by atoms with Crippen LogP contribution in [0.3, 0.4) is 0 Å². The molecule has 0 radical (unpaired) electrons. The van der Waals surface area contributed by atoms with Gasteiger partial charge in [0.15, 0.2) is 0 Å². The van der Waals surface area contributed by atoms with Crippen molar-refractivity contribution in [1.29, 1.82) is 0 Å². The van der Waals surface area contributed by atoms with Crippen LogP contribution in [0.4, 0.5) is 0 Å². The second-order valence-corrected chi connectivity index (χ2v) is 7.20. The van der Waals surface area contributed by atoms with Crippen LogP contribution < -0.4 is 0 Å². The van der Waals surface area contributed by atoms with Crippen molar-refractivity contribution in [2.75, 3.05) is 0 Å². The summed E-state index contributed by atoms with van der Waals surface area (Å²) in [5.41, 5.74) is 4.76. The summed E-state index contributed by atoms with van der Waals surface area (Å²) in [6, 6.07) is 4.04. The SMILES string of the molecule is CCCCc1c(C)n(C)c2c(C(=O)O)cc(C(C)(C)C)cc12. The molecule has 0 spiro atoms. The average Bonchev–Trinajstić information content (AvgIpc) is 2.67. The quantitative estimate of drug-likeness (QED) is 0.879. The summed E-state index contributed by atoms with van der Waals surface area (Å²) in [4.78, 5) is 11.8. The summed E-state index contributed by atoms with van der Waals surface area (Å²) >= 11 is 0. The maximum absolute atomic E-state index is 11.8. The molecule has 3 nitrogen and oxygen atoms in total. The fraction of sp³-hybridized carbons (Fsp3) is 0.526. The van der Waals surface area contributed by atoms with E-state index >= 15 is 0 Å². The van der Waals surface area contributed by atoms with Gasteiger partial charge in [0.25, 0.3) is 0 Å². The molecule has 0 fully saturated rings. The lowest BCUT2D eigenvalue weighted by Gasteiger charge is -2.20. The van der Waals surface area contributed by atoms with Gasteiger partial charge in [0.1, 0.15) is 0 Å². The van der Waals surface area contributed by atoms with Gasteiger partial charge in [-0.25, -0.2) is 4.79 Å². The zero-order valence-electron chi connectivity index (χ0n) is 14.6. The van der Waals surface area contributed by atoms with Crippen molar-refractivity contribution in [3.8, 4) is 0 Å². The normalized spacial score (nSPS) is 12.1. The smallest absolute Gasteiger partial charge is 0.337 e. The second kappa shape index (κ2) is 5.79. The largest absolute Gasteiger partial charge is 0.478 e. The molecule has 0 aliphatic carbocycles. The van der Waals surface area contributed by atoms with Crippen molar-refractivity contribution in [1.82, 2.24) is 4.57 Å². The van der Waals surface area contributed by atoms with Crippen molar-refractivity contribution in [2.45, 2.75) is 59.3 Å². The third-order valence-corrected chi connectivity index (χ3v) is 4.59. The highest BCUT2D eigenvalue weighted by molar-refractivity contribution is 6.04. The number of nitrogens with zero attached hydrogens (tertiary/aromatic N) is 1. The van der Waals surface area contributed by atoms with E-state index in [9.17, 15) is 9.90 Å². The molecule has 1 aromatic heterocycles. The Balaban J connectivity index is 2.85. The number of fused-ring (bicyclic) bond motifs is 1. The van der Waals surface area contributed by atoms with Crippen LogP contribution in [0.1, 0.15) is 67.7 Å². The number of aryl methyl sites for hydroxylation is 2. The number of hydrogen-bond donors (Lipinski definition) is 1. The lowest BCUT2D eigenvalue weighted by molar-refractivity contribution is 0.0698. The monoisotopic (exact) mass is 301 g/mol. The van der Waals surface area contributed by atoms with Gasteiger partial charge in [-0.05, 0) is 48.4 Å². The van der Waals surface area contributed by atoms with Crippen LogP contribution in [-0.4, -0.2) is 15.6 Å². The summed E-state index contributed by atoms with van der Waals surface area (Å²) in [7, 11) is 1.97. The molecule has 0 aliphatic heterocycles. The summed E-state index contributed by atoms with van der Waals surface area (Å²) in [5, 5.41) is 10.8. The lowest BCUT2D eigenvalue weighted by Crippen LogP contribution is -2.13. The Morgan fingerprint density at radius 1 is 1.27 bits per heavy atom. The minimum Gasteiger partial charge on any atom is -0.478 e. The predicted octanol–water partition coefficient (Wildman–Crippen LogP) is 4.83. The summed E-state index contributed by atoms with van der Waals surface area (Å²) < 4.78 is 2.04. The minimum absolute atomic E-state index is 0.0653. The van der Waals surface area contributed by atoms with Crippen LogP contribution in [0.5, 0.6) is 0 Å². The van der Waals surface area contributed by atoms with Gasteiger partial charge in [0.05, 0.1) is 11.1 Å². The van der Waals surface area contributed by atoms with Crippen LogP contribution >= 0.6 is 0 Å². The predicted molar refractivity (Wildman–Crippen MR) is 91.9 cm³/mol. The first-order valence-electron chi connectivity index (χ1n) is 8.04. The third kappa shape index (κ3) is 2.77.